The summed E-state index contributed by atoms with van der Waals surface area (Å²) in [4.78, 5) is 37.7. The third-order valence-electron chi connectivity index (χ3n) is 5.23. The summed E-state index contributed by atoms with van der Waals surface area (Å²) in [7, 11) is 0. The van der Waals surface area contributed by atoms with Crippen molar-refractivity contribution in [3.63, 3.8) is 0 Å². The number of benzene rings is 1. The van der Waals surface area contributed by atoms with Gasteiger partial charge in [0.2, 0.25) is 5.91 Å². The third kappa shape index (κ3) is 4.09. The van der Waals surface area contributed by atoms with Crippen molar-refractivity contribution in [3.8, 4) is 0 Å². The molecule has 7 nitrogen and oxygen atoms in total. The molecule has 0 aliphatic carbocycles. The fourth-order valence-electron chi connectivity index (χ4n) is 3.52. The van der Waals surface area contributed by atoms with Crippen LogP contribution in [0.3, 0.4) is 0 Å². The molecule has 0 bridgehead atoms. The zero-order valence-electron chi connectivity index (χ0n) is 15.7. The highest BCUT2D eigenvalue weighted by atomic mass is 16.2. The molecule has 0 atom stereocenters. The van der Waals surface area contributed by atoms with Crippen LogP contribution in [0.4, 0.5) is 0 Å². The first kappa shape index (κ1) is 18.3. The van der Waals surface area contributed by atoms with Crippen molar-refractivity contribution in [1.29, 1.82) is 0 Å². The largest absolute Gasteiger partial charge is 0.339 e. The van der Waals surface area contributed by atoms with Crippen molar-refractivity contribution >= 4 is 16.8 Å². The lowest BCUT2D eigenvalue weighted by Gasteiger charge is -2.34. The van der Waals surface area contributed by atoms with Crippen LogP contribution in [-0.2, 0) is 17.8 Å². The molecule has 144 valence electrons. The van der Waals surface area contributed by atoms with E-state index in [0.717, 1.165) is 26.1 Å². The molecule has 28 heavy (non-hydrogen) atoms. The number of fused-ring (bicyclic) bond motifs is 1. The molecule has 0 radical (unpaired) electrons. The van der Waals surface area contributed by atoms with E-state index >= 15 is 0 Å². The average Bonchev–Trinajstić information content (AvgIpc) is 2.75. The van der Waals surface area contributed by atoms with Gasteiger partial charge >= 0.3 is 0 Å². The lowest BCUT2D eigenvalue weighted by atomic mass is 10.2. The van der Waals surface area contributed by atoms with Crippen molar-refractivity contribution in [1.82, 2.24) is 24.3 Å². The predicted octanol–water partition coefficient (Wildman–Crippen LogP) is 1.18. The Hall–Kier alpha value is -3.06. The molecule has 3 heterocycles. The quantitative estimate of drug-likeness (QED) is 0.668. The topological polar surface area (TPSA) is 71.3 Å². The Balaban J connectivity index is 1.32. The Morgan fingerprint density at radius 2 is 1.75 bits per heavy atom. The summed E-state index contributed by atoms with van der Waals surface area (Å²) in [5, 5.41) is 0.540. The number of rotatable bonds is 5. The van der Waals surface area contributed by atoms with Gasteiger partial charge in [0, 0.05) is 45.1 Å². The molecule has 3 aromatic rings. The number of hydrogen-bond donors (Lipinski definition) is 0. The first-order valence-electron chi connectivity index (χ1n) is 9.54. The Morgan fingerprint density at radius 1 is 1.00 bits per heavy atom. The van der Waals surface area contributed by atoms with Crippen LogP contribution in [0, 0.1) is 0 Å². The summed E-state index contributed by atoms with van der Waals surface area (Å²) in [6, 6.07) is 11.3. The molecule has 1 aliphatic heterocycles. The number of piperazine rings is 1. The third-order valence-corrected chi connectivity index (χ3v) is 5.23. The molecular formula is C21H23N5O2. The second-order valence-corrected chi connectivity index (χ2v) is 7.02. The summed E-state index contributed by atoms with van der Waals surface area (Å²) in [5.74, 6) is -0.0343. The summed E-state index contributed by atoms with van der Waals surface area (Å²) in [5.41, 5.74) is 1.76. The SMILES string of the molecule is O=C(Cn1cnc2ccccc2c1=O)N1CCN(CCc2ccncc2)CC1. The van der Waals surface area contributed by atoms with Gasteiger partial charge in [0.15, 0.2) is 0 Å². The van der Waals surface area contributed by atoms with E-state index in [9.17, 15) is 9.59 Å². The van der Waals surface area contributed by atoms with E-state index in [1.165, 1.54) is 16.5 Å². The van der Waals surface area contributed by atoms with Crippen molar-refractivity contribution in [3.05, 3.63) is 71.0 Å². The molecule has 0 saturated carbocycles. The maximum atomic E-state index is 12.7. The number of nitrogens with zero attached hydrogens (tertiary/aromatic N) is 5. The van der Waals surface area contributed by atoms with Crippen molar-refractivity contribution in [2.24, 2.45) is 0 Å². The van der Waals surface area contributed by atoms with E-state index in [0.29, 0.717) is 24.0 Å². The van der Waals surface area contributed by atoms with E-state index in [2.05, 4.69) is 14.9 Å². The van der Waals surface area contributed by atoms with E-state index in [1.807, 2.05) is 41.6 Å². The second-order valence-electron chi connectivity index (χ2n) is 7.02. The van der Waals surface area contributed by atoms with E-state index < -0.39 is 0 Å². The summed E-state index contributed by atoms with van der Waals surface area (Å²) in [6.07, 6.45) is 6.08. The van der Waals surface area contributed by atoms with Gasteiger partial charge in [-0.3, -0.25) is 24.0 Å². The van der Waals surface area contributed by atoms with Gasteiger partial charge in [-0.05, 0) is 36.2 Å². The lowest BCUT2D eigenvalue weighted by Crippen LogP contribution is -2.50. The molecule has 0 spiro atoms. The molecule has 1 aliphatic rings. The Kier molecular flexibility index (Phi) is 5.43. The lowest BCUT2D eigenvalue weighted by molar-refractivity contribution is -0.133. The average molecular weight is 377 g/mol. The maximum absolute atomic E-state index is 12.7. The van der Waals surface area contributed by atoms with Crippen LogP contribution < -0.4 is 5.56 Å². The molecule has 0 unspecified atom stereocenters. The molecule has 1 amide bonds. The Bertz CT molecular complexity index is 1010. The number of hydrogen-bond acceptors (Lipinski definition) is 5. The minimum atomic E-state index is -0.171. The highest BCUT2D eigenvalue weighted by Crippen LogP contribution is 2.07. The molecule has 1 saturated heterocycles. The van der Waals surface area contributed by atoms with Crippen LogP contribution in [0.2, 0.25) is 0 Å². The fourth-order valence-corrected chi connectivity index (χ4v) is 3.52. The van der Waals surface area contributed by atoms with Gasteiger partial charge in [-0.2, -0.15) is 0 Å². The molecule has 1 fully saturated rings. The number of para-hydroxylation sites is 1. The minimum absolute atomic E-state index is 0.0343. The zero-order chi connectivity index (χ0) is 19.3. The van der Waals surface area contributed by atoms with E-state index in [1.54, 1.807) is 12.1 Å². The first-order chi connectivity index (χ1) is 13.7. The Morgan fingerprint density at radius 3 is 2.54 bits per heavy atom. The second kappa shape index (κ2) is 8.31. The van der Waals surface area contributed by atoms with Crippen molar-refractivity contribution in [2.45, 2.75) is 13.0 Å². The van der Waals surface area contributed by atoms with Crippen LogP contribution >= 0.6 is 0 Å². The normalized spacial score (nSPS) is 15.1. The maximum Gasteiger partial charge on any atom is 0.261 e. The summed E-state index contributed by atoms with van der Waals surface area (Å²) in [6.45, 7) is 4.08. The highest BCUT2D eigenvalue weighted by molar-refractivity contribution is 5.79. The van der Waals surface area contributed by atoms with Crippen LogP contribution in [0.15, 0.2) is 59.9 Å². The number of carbonyl (C=O) groups is 1. The number of amides is 1. The van der Waals surface area contributed by atoms with E-state index in [-0.39, 0.29) is 18.0 Å². The van der Waals surface area contributed by atoms with E-state index in [4.69, 9.17) is 0 Å². The van der Waals surface area contributed by atoms with Crippen LogP contribution in [-0.4, -0.2) is 63.0 Å². The van der Waals surface area contributed by atoms with Crippen LogP contribution in [0.5, 0.6) is 0 Å². The molecule has 4 rings (SSSR count). The van der Waals surface area contributed by atoms with Crippen LogP contribution in [0.25, 0.3) is 10.9 Å². The van der Waals surface area contributed by atoms with Gasteiger partial charge in [-0.25, -0.2) is 4.98 Å². The predicted molar refractivity (Wildman–Crippen MR) is 107 cm³/mol. The minimum Gasteiger partial charge on any atom is -0.339 e. The van der Waals surface area contributed by atoms with Gasteiger partial charge in [0.05, 0.1) is 17.2 Å². The molecular weight excluding hydrogens is 354 g/mol. The van der Waals surface area contributed by atoms with Crippen molar-refractivity contribution < 1.29 is 4.79 Å². The molecule has 2 aromatic heterocycles. The summed E-state index contributed by atoms with van der Waals surface area (Å²) < 4.78 is 1.40. The standard InChI is InChI=1S/C21H23N5O2/c27-20(15-26-16-23-19-4-2-1-3-18(19)21(26)28)25-13-11-24(12-14-25)10-7-17-5-8-22-9-6-17/h1-6,8-9,16H,7,10-15H2. The highest BCUT2D eigenvalue weighted by Gasteiger charge is 2.21. The number of carbonyl (C=O) groups excluding carboxylic acids is 1. The monoisotopic (exact) mass is 377 g/mol. The molecule has 1 aromatic carbocycles. The van der Waals surface area contributed by atoms with Gasteiger partial charge < -0.3 is 4.90 Å². The molecule has 0 N–H and O–H groups in total. The van der Waals surface area contributed by atoms with Crippen molar-refractivity contribution in [2.75, 3.05) is 32.7 Å². The smallest absolute Gasteiger partial charge is 0.261 e. The molecule has 7 heteroatoms. The van der Waals surface area contributed by atoms with Gasteiger partial charge in [-0.15, -0.1) is 0 Å². The fraction of sp³-hybridized carbons (Fsp3) is 0.333. The Labute approximate surface area is 163 Å². The van der Waals surface area contributed by atoms with Gasteiger partial charge in [0.1, 0.15) is 6.54 Å². The zero-order valence-corrected chi connectivity index (χ0v) is 15.7. The van der Waals surface area contributed by atoms with Crippen LogP contribution in [0.1, 0.15) is 5.56 Å². The van der Waals surface area contributed by atoms with Gasteiger partial charge in [-0.1, -0.05) is 12.1 Å². The summed E-state index contributed by atoms with van der Waals surface area (Å²) >= 11 is 0. The number of pyridine rings is 1. The van der Waals surface area contributed by atoms with Gasteiger partial charge in [0.25, 0.3) is 5.56 Å². The number of aromatic nitrogens is 3. The first-order valence-corrected chi connectivity index (χ1v) is 9.54.